The van der Waals surface area contributed by atoms with Gasteiger partial charge >= 0.3 is 6.09 Å². The smallest absolute Gasteiger partial charge is 0.410 e. The van der Waals surface area contributed by atoms with Crippen LogP contribution in [0.5, 0.6) is 0 Å². The number of likely N-dealkylation sites (tertiary alicyclic amines) is 1. The van der Waals surface area contributed by atoms with Crippen LogP contribution in [0, 0.1) is 11.3 Å². The normalized spacial score (nSPS) is 16.1. The van der Waals surface area contributed by atoms with Crippen molar-refractivity contribution in [2.75, 3.05) is 18.0 Å². The first-order chi connectivity index (χ1) is 14.2. The van der Waals surface area contributed by atoms with Gasteiger partial charge < -0.3 is 9.64 Å². The zero-order valence-corrected chi connectivity index (χ0v) is 17.9. The number of nitriles is 1. The van der Waals surface area contributed by atoms with Crippen LogP contribution in [0.1, 0.15) is 43.1 Å². The second-order valence-corrected chi connectivity index (χ2v) is 8.45. The zero-order chi connectivity index (χ0) is 21.9. The molecule has 2 amide bonds. The van der Waals surface area contributed by atoms with Gasteiger partial charge in [0.25, 0.3) is 5.91 Å². The highest BCUT2D eigenvalue weighted by molar-refractivity contribution is 6.33. The van der Waals surface area contributed by atoms with Gasteiger partial charge in [0.2, 0.25) is 0 Å². The number of nitrogens with zero attached hydrogens (tertiary/aromatic N) is 4. The standard InChI is InChI=1S/C22H23ClN4O3/c1-22(2,3)30-21(29)26-11-9-17(14-26)27(19-18(23)8-5-10-25-19)20(28)16-7-4-6-15(12-16)13-24/h4-8,10,12,17H,9,11,14H2,1-3H3. The number of carbonyl (C=O) groups excluding carboxylic acids is 2. The largest absolute Gasteiger partial charge is 0.444 e. The molecule has 1 aliphatic heterocycles. The van der Waals surface area contributed by atoms with Crippen molar-refractivity contribution in [1.82, 2.24) is 9.88 Å². The zero-order valence-electron chi connectivity index (χ0n) is 17.1. The number of amides is 2. The van der Waals surface area contributed by atoms with E-state index in [4.69, 9.17) is 16.3 Å². The maximum atomic E-state index is 13.4. The molecule has 2 aromatic rings. The molecule has 1 aromatic carbocycles. The molecule has 1 saturated heterocycles. The number of halogens is 1. The number of rotatable bonds is 3. The van der Waals surface area contributed by atoms with Crippen LogP contribution < -0.4 is 4.90 Å². The average molecular weight is 427 g/mol. The first-order valence-corrected chi connectivity index (χ1v) is 9.99. The second kappa shape index (κ2) is 8.72. The van der Waals surface area contributed by atoms with Crippen molar-refractivity contribution in [2.24, 2.45) is 0 Å². The first-order valence-electron chi connectivity index (χ1n) is 9.62. The van der Waals surface area contributed by atoms with Crippen LogP contribution in [0.3, 0.4) is 0 Å². The average Bonchev–Trinajstić information content (AvgIpc) is 3.18. The number of benzene rings is 1. The van der Waals surface area contributed by atoms with E-state index in [9.17, 15) is 14.9 Å². The van der Waals surface area contributed by atoms with Crippen LogP contribution in [0.15, 0.2) is 42.6 Å². The SMILES string of the molecule is CC(C)(C)OC(=O)N1CCC(N(C(=O)c2cccc(C#N)c2)c2ncccc2Cl)C1. The Morgan fingerprint density at radius 3 is 2.73 bits per heavy atom. The fourth-order valence-electron chi connectivity index (χ4n) is 3.30. The summed E-state index contributed by atoms with van der Waals surface area (Å²) in [6.07, 6.45) is 1.69. The highest BCUT2D eigenvalue weighted by Gasteiger charge is 2.37. The van der Waals surface area contributed by atoms with E-state index in [-0.39, 0.29) is 11.9 Å². The van der Waals surface area contributed by atoms with E-state index >= 15 is 0 Å². The summed E-state index contributed by atoms with van der Waals surface area (Å²) in [7, 11) is 0. The van der Waals surface area contributed by atoms with Gasteiger partial charge in [0.15, 0.2) is 5.82 Å². The Balaban J connectivity index is 1.92. The van der Waals surface area contributed by atoms with E-state index in [1.807, 2.05) is 26.8 Å². The molecule has 8 heteroatoms. The Morgan fingerprint density at radius 1 is 1.30 bits per heavy atom. The number of anilines is 1. The molecule has 3 rings (SSSR count). The Hall–Kier alpha value is -3.11. The molecule has 1 unspecified atom stereocenters. The number of ether oxygens (including phenoxy) is 1. The molecule has 1 fully saturated rings. The van der Waals surface area contributed by atoms with Crippen LogP contribution in [0.4, 0.5) is 10.6 Å². The fourth-order valence-corrected chi connectivity index (χ4v) is 3.51. The van der Waals surface area contributed by atoms with Gasteiger partial charge in [0, 0.05) is 24.8 Å². The van der Waals surface area contributed by atoms with Crippen LogP contribution in [-0.4, -0.2) is 46.6 Å². The molecule has 0 N–H and O–H groups in total. The van der Waals surface area contributed by atoms with E-state index in [0.717, 1.165) is 0 Å². The lowest BCUT2D eigenvalue weighted by Crippen LogP contribution is -2.44. The predicted molar refractivity (Wildman–Crippen MR) is 113 cm³/mol. The third-order valence-electron chi connectivity index (χ3n) is 4.60. The summed E-state index contributed by atoms with van der Waals surface area (Å²) in [4.78, 5) is 33.3. The molecular formula is C22H23ClN4O3. The van der Waals surface area contributed by atoms with Crippen molar-refractivity contribution in [2.45, 2.75) is 38.8 Å². The molecule has 30 heavy (non-hydrogen) atoms. The van der Waals surface area contributed by atoms with E-state index < -0.39 is 11.7 Å². The molecular weight excluding hydrogens is 404 g/mol. The first kappa shape index (κ1) is 21.6. The summed E-state index contributed by atoms with van der Waals surface area (Å²) in [5.74, 6) is -0.00805. The Kier molecular flexibility index (Phi) is 6.28. The summed E-state index contributed by atoms with van der Waals surface area (Å²) < 4.78 is 5.46. The van der Waals surface area contributed by atoms with Crippen LogP contribution in [0.2, 0.25) is 5.02 Å². The van der Waals surface area contributed by atoms with Crippen molar-refractivity contribution in [3.05, 3.63) is 58.7 Å². The molecule has 1 aromatic heterocycles. The Bertz CT molecular complexity index is 996. The minimum absolute atomic E-state index is 0.297. The number of pyridine rings is 1. The maximum absolute atomic E-state index is 13.4. The molecule has 2 heterocycles. The van der Waals surface area contributed by atoms with Gasteiger partial charge in [-0.1, -0.05) is 17.7 Å². The monoisotopic (exact) mass is 426 g/mol. The van der Waals surface area contributed by atoms with Crippen LogP contribution in [0.25, 0.3) is 0 Å². The molecule has 0 spiro atoms. The van der Waals surface area contributed by atoms with Crippen molar-refractivity contribution < 1.29 is 14.3 Å². The number of carbonyl (C=O) groups is 2. The summed E-state index contributed by atoms with van der Waals surface area (Å²) >= 11 is 6.36. The molecule has 0 saturated carbocycles. The predicted octanol–water partition coefficient (Wildman–Crippen LogP) is 4.26. The highest BCUT2D eigenvalue weighted by atomic mass is 35.5. The van der Waals surface area contributed by atoms with Crippen molar-refractivity contribution in [3.8, 4) is 6.07 Å². The summed E-state index contributed by atoms with van der Waals surface area (Å²) in [5.41, 5.74) is 0.133. The molecule has 0 bridgehead atoms. The third-order valence-corrected chi connectivity index (χ3v) is 4.90. The van der Waals surface area contributed by atoms with Gasteiger partial charge in [-0.3, -0.25) is 9.69 Å². The van der Waals surface area contributed by atoms with Gasteiger partial charge in [0.1, 0.15) is 5.60 Å². The minimum Gasteiger partial charge on any atom is -0.444 e. The lowest BCUT2D eigenvalue weighted by atomic mass is 10.1. The third kappa shape index (κ3) is 4.89. The summed E-state index contributed by atoms with van der Waals surface area (Å²) in [6, 6.07) is 11.5. The van der Waals surface area contributed by atoms with E-state index in [1.54, 1.807) is 41.4 Å². The van der Waals surface area contributed by atoms with E-state index in [0.29, 0.717) is 41.5 Å². The van der Waals surface area contributed by atoms with Gasteiger partial charge in [-0.05, 0) is 57.5 Å². The number of hydrogen-bond donors (Lipinski definition) is 0. The molecule has 1 atom stereocenters. The lowest BCUT2D eigenvalue weighted by Gasteiger charge is -2.29. The molecule has 0 radical (unpaired) electrons. The Labute approximate surface area is 180 Å². The topological polar surface area (TPSA) is 86.5 Å². The van der Waals surface area contributed by atoms with Gasteiger partial charge in [-0.15, -0.1) is 0 Å². The van der Waals surface area contributed by atoms with Gasteiger partial charge in [-0.25, -0.2) is 9.78 Å². The van der Waals surface area contributed by atoms with Crippen molar-refractivity contribution in [3.63, 3.8) is 0 Å². The van der Waals surface area contributed by atoms with Crippen molar-refractivity contribution in [1.29, 1.82) is 5.26 Å². The minimum atomic E-state index is -0.604. The second-order valence-electron chi connectivity index (χ2n) is 8.05. The summed E-state index contributed by atoms with van der Waals surface area (Å²) in [6.45, 7) is 6.18. The van der Waals surface area contributed by atoms with Gasteiger partial charge in [0.05, 0.1) is 22.7 Å². The quantitative estimate of drug-likeness (QED) is 0.731. The number of aromatic nitrogens is 1. The lowest BCUT2D eigenvalue weighted by molar-refractivity contribution is 0.0291. The maximum Gasteiger partial charge on any atom is 0.410 e. The summed E-state index contributed by atoms with van der Waals surface area (Å²) in [5, 5.41) is 9.51. The number of hydrogen-bond acceptors (Lipinski definition) is 5. The van der Waals surface area contributed by atoms with E-state index in [1.165, 1.54) is 11.0 Å². The van der Waals surface area contributed by atoms with Crippen LogP contribution in [-0.2, 0) is 4.74 Å². The van der Waals surface area contributed by atoms with E-state index in [2.05, 4.69) is 4.98 Å². The van der Waals surface area contributed by atoms with Gasteiger partial charge in [-0.2, -0.15) is 5.26 Å². The molecule has 1 aliphatic rings. The Morgan fingerprint density at radius 2 is 2.07 bits per heavy atom. The molecule has 0 aliphatic carbocycles. The highest BCUT2D eigenvalue weighted by Crippen LogP contribution is 2.30. The van der Waals surface area contributed by atoms with Crippen molar-refractivity contribution >= 4 is 29.4 Å². The van der Waals surface area contributed by atoms with Crippen LogP contribution >= 0.6 is 11.6 Å². The fraction of sp³-hybridized carbons (Fsp3) is 0.364. The molecule has 156 valence electrons. The molecule has 7 nitrogen and oxygen atoms in total.